The van der Waals surface area contributed by atoms with E-state index in [1.165, 1.54) is 0 Å². The van der Waals surface area contributed by atoms with Gasteiger partial charge in [-0.15, -0.1) is 0 Å². The van der Waals surface area contributed by atoms with Crippen LogP contribution in [0.4, 0.5) is 0 Å². The van der Waals surface area contributed by atoms with E-state index in [1.54, 1.807) is 0 Å². The van der Waals surface area contributed by atoms with Crippen molar-refractivity contribution in [2.75, 3.05) is 13.2 Å². The lowest BCUT2D eigenvalue weighted by Crippen LogP contribution is -2.26. The summed E-state index contributed by atoms with van der Waals surface area (Å²) in [6, 6.07) is 14.1. The van der Waals surface area contributed by atoms with Crippen LogP contribution in [0.5, 0.6) is 5.75 Å². The van der Waals surface area contributed by atoms with E-state index in [4.69, 9.17) is 4.74 Å². The van der Waals surface area contributed by atoms with Gasteiger partial charge in [-0.1, -0.05) is 24.3 Å². The Hall–Kier alpha value is -2.82. The van der Waals surface area contributed by atoms with Gasteiger partial charge in [0, 0.05) is 13.0 Å². The van der Waals surface area contributed by atoms with Crippen molar-refractivity contribution in [2.24, 2.45) is 0 Å². The van der Waals surface area contributed by atoms with Gasteiger partial charge in [-0.25, -0.2) is 4.98 Å². The number of rotatable bonds is 8. The van der Waals surface area contributed by atoms with Gasteiger partial charge in [0.25, 0.3) is 0 Å². The molecule has 0 saturated carbocycles. The predicted octanol–water partition coefficient (Wildman–Crippen LogP) is 3.70. The highest BCUT2D eigenvalue weighted by atomic mass is 16.5. The number of carbonyl (C=O) groups is 1. The number of aryl methyl sites for hydroxylation is 3. The Morgan fingerprint density at radius 2 is 2.04 bits per heavy atom. The van der Waals surface area contributed by atoms with Gasteiger partial charge in [-0.3, -0.25) is 4.79 Å². The number of aromatic amines is 1. The number of fused-ring (bicyclic) bond motifs is 1. The molecule has 0 aliphatic heterocycles. The molecule has 1 heterocycles. The summed E-state index contributed by atoms with van der Waals surface area (Å²) in [6.45, 7) is 5.06. The largest absolute Gasteiger partial charge is 0.493 e. The Labute approximate surface area is 153 Å². The highest BCUT2D eigenvalue weighted by molar-refractivity contribution is 5.76. The summed E-state index contributed by atoms with van der Waals surface area (Å²) in [7, 11) is 0. The molecular weight excluding hydrogens is 326 g/mol. The molecule has 0 fully saturated rings. The molecule has 1 amide bonds. The zero-order valence-electron chi connectivity index (χ0n) is 15.3. The topological polar surface area (TPSA) is 67.0 Å². The summed E-state index contributed by atoms with van der Waals surface area (Å²) in [5.41, 5.74) is 4.27. The van der Waals surface area contributed by atoms with E-state index >= 15 is 0 Å². The van der Waals surface area contributed by atoms with E-state index in [2.05, 4.69) is 21.4 Å². The van der Waals surface area contributed by atoms with E-state index in [0.717, 1.165) is 46.6 Å². The Morgan fingerprint density at radius 1 is 1.19 bits per heavy atom. The molecule has 0 saturated heterocycles. The first kappa shape index (κ1) is 18.0. The van der Waals surface area contributed by atoms with Crippen LogP contribution in [0.2, 0.25) is 0 Å². The third-order valence-electron chi connectivity index (χ3n) is 4.28. The van der Waals surface area contributed by atoms with Crippen molar-refractivity contribution in [1.82, 2.24) is 15.3 Å². The smallest absolute Gasteiger partial charge is 0.223 e. The molecule has 0 unspecified atom stereocenters. The van der Waals surface area contributed by atoms with Gasteiger partial charge in [0.05, 0.1) is 24.1 Å². The number of benzene rings is 2. The fourth-order valence-corrected chi connectivity index (χ4v) is 2.81. The fraction of sp³-hybridized carbons (Fsp3) is 0.333. The standard InChI is InChI=1S/C21H25N3O2/c1-15-9-10-16(2)19(14-15)26-13-11-21(25)22-12-5-8-20-23-17-6-3-4-7-18(17)24-20/h3-4,6-7,9-10,14H,5,8,11-13H2,1-2H3,(H,22,25)(H,23,24). The Bertz CT molecular complexity index is 853. The normalized spacial score (nSPS) is 10.8. The van der Waals surface area contributed by atoms with Gasteiger partial charge in [0.1, 0.15) is 11.6 Å². The number of aromatic nitrogens is 2. The minimum Gasteiger partial charge on any atom is -0.493 e. The highest BCUT2D eigenvalue weighted by Crippen LogP contribution is 2.19. The van der Waals surface area contributed by atoms with Crippen molar-refractivity contribution in [3.05, 3.63) is 59.4 Å². The van der Waals surface area contributed by atoms with Gasteiger partial charge in [-0.05, 0) is 49.6 Å². The minimum absolute atomic E-state index is 0.0138. The monoisotopic (exact) mass is 351 g/mol. The molecule has 0 aliphatic rings. The van der Waals surface area contributed by atoms with Crippen LogP contribution >= 0.6 is 0 Å². The third kappa shape index (κ3) is 4.85. The SMILES string of the molecule is Cc1ccc(C)c(OCCC(=O)NCCCc2nc3ccccc3[nH]2)c1. The van der Waals surface area contributed by atoms with Crippen LogP contribution in [0.3, 0.4) is 0 Å². The molecule has 2 aromatic carbocycles. The maximum atomic E-state index is 11.9. The number of para-hydroxylation sites is 2. The molecule has 26 heavy (non-hydrogen) atoms. The Balaban J connectivity index is 1.34. The maximum Gasteiger partial charge on any atom is 0.223 e. The fourth-order valence-electron chi connectivity index (χ4n) is 2.81. The lowest BCUT2D eigenvalue weighted by molar-refractivity contribution is -0.121. The van der Waals surface area contributed by atoms with Crippen LogP contribution in [0.25, 0.3) is 11.0 Å². The maximum absolute atomic E-state index is 11.9. The Kier molecular flexibility index (Phi) is 5.89. The van der Waals surface area contributed by atoms with Gasteiger partial charge in [-0.2, -0.15) is 0 Å². The molecule has 136 valence electrons. The minimum atomic E-state index is 0.0138. The zero-order chi connectivity index (χ0) is 18.4. The lowest BCUT2D eigenvalue weighted by Gasteiger charge is -2.10. The quantitative estimate of drug-likeness (QED) is 0.608. The number of H-pyrrole nitrogens is 1. The summed E-state index contributed by atoms with van der Waals surface area (Å²) in [6.07, 6.45) is 2.02. The van der Waals surface area contributed by atoms with Crippen molar-refractivity contribution in [3.8, 4) is 5.75 Å². The number of nitrogens with zero attached hydrogens (tertiary/aromatic N) is 1. The van der Waals surface area contributed by atoms with Gasteiger partial charge in [0.2, 0.25) is 5.91 Å². The summed E-state index contributed by atoms with van der Waals surface area (Å²) >= 11 is 0. The number of imidazole rings is 1. The number of hydrogen-bond acceptors (Lipinski definition) is 3. The van der Waals surface area contributed by atoms with Gasteiger partial charge in [0.15, 0.2) is 0 Å². The molecule has 5 heteroatoms. The first-order valence-electron chi connectivity index (χ1n) is 9.02. The average Bonchev–Trinajstić information content (AvgIpc) is 3.04. The van der Waals surface area contributed by atoms with Crippen molar-refractivity contribution >= 4 is 16.9 Å². The van der Waals surface area contributed by atoms with Crippen LogP contribution in [0.1, 0.15) is 29.8 Å². The number of amides is 1. The van der Waals surface area contributed by atoms with Crippen LogP contribution in [-0.2, 0) is 11.2 Å². The number of ether oxygens (including phenoxy) is 1. The second-order valence-corrected chi connectivity index (χ2v) is 6.52. The van der Waals surface area contributed by atoms with Crippen LogP contribution in [0.15, 0.2) is 42.5 Å². The predicted molar refractivity (Wildman–Crippen MR) is 103 cm³/mol. The second kappa shape index (κ2) is 8.52. The van der Waals surface area contributed by atoms with Gasteiger partial charge >= 0.3 is 0 Å². The summed E-state index contributed by atoms with van der Waals surface area (Å²) < 4.78 is 5.72. The van der Waals surface area contributed by atoms with Crippen molar-refractivity contribution in [1.29, 1.82) is 0 Å². The molecule has 1 aromatic heterocycles. The van der Waals surface area contributed by atoms with Crippen molar-refractivity contribution in [2.45, 2.75) is 33.1 Å². The van der Waals surface area contributed by atoms with Gasteiger partial charge < -0.3 is 15.0 Å². The van der Waals surface area contributed by atoms with E-state index in [0.29, 0.717) is 19.6 Å². The molecule has 3 rings (SSSR count). The first-order chi connectivity index (χ1) is 12.6. The first-order valence-corrected chi connectivity index (χ1v) is 9.02. The summed E-state index contributed by atoms with van der Waals surface area (Å²) in [4.78, 5) is 19.8. The molecule has 0 radical (unpaired) electrons. The molecule has 5 nitrogen and oxygen atoms in total. The number of carbonyl (C=O) groups excluding carboxylic acids is 1. The molecule has 0 spiro atoms. The number of hydrogen-bond donors (Lipinski definition) is 2. The molecule has 0 bridgehead atoms. The molecular formula is C21H25N3O2. The summed E-state index contributed by atoms with van der Waals surface area (Å²) in [5.74, 6) is 1.82. The van der Waals surface area contributed by atoms with E-state index in [-0.39, 0.29) is 5.91 Å². The molecule has 0 atom stereocenters. The van der Waals surface area contributed by atoms with E-state index < -0.39 is 0 Å². The zero-order valence-corrected chi connectivity index (χ0v) is 15.3. The molecule has 0 aliphatic carbocycles. The molecule has 3 aromatic rings. The highest BCUT2D eigenvalue weighted by Gasteiger charge is 2.05. The average molecular weight is 351 g/mol. The van der Waals surface area contributed by atoms with E-state index in [9.17, 15) is 4.79 Å². The van der Waals surface area contributed by atoms with Crippen LogP contribution < -0.4 is 10.1 Å². The number of nitrogens with one attached hydrogen (secondary N) is 2. The summed E-state index contributed by atoms with van der Waals surface area (Å²) in [5, 5.41) is 2.94. The third-order valence-corrected chi connectivity index (χ3v) is 4.28. The van der Waals surface area contributed by atoms with Crippen molar-refractivity contribution in [3.63, 3.8) is 0 Å². The lowest BCUT2D eigenvalue weighted by atomic mass is 10.1. The second-order valence-electron chi connectivity index (χ2n) is 6.52. The van der Waals surface area contributed by atoms with Crippen LogP contribution in [0, 0.1) is 13.8 Å². The Morgan fingerprint density at radius 3 is 2.88 bits per heavy atom. The van der Waals surface area contributed by atoms with E-state index in [1.807, 2.05) is 50.2 Å². The molecule has 2 N–H and O–H groups in total. The van der Waals surface area contributed by atoms with Crippen LogP contribution in [-0.4, -0.2) is 29.0 Å². The van der Waals surface area contributed by atoms with Crippen molar-refractivity contribution < 1.29 is 9.53 Å².